The minimum atomic E-state index is -0.501. The number of benzene rings is 3. The van der Waals surface area contributed by atoms with Gasteiger partial charge < -0.3 is 15.2 Å². The first-order valence-corrected chi connectivity index (χ1v) is 8.98. The van der Waals surface area contributed by atoms with E-state index in [2.05, 4.69) is 5.32 Å². The monoisotopic (exact) mass is 401 g/mol. The number of phenolic OH excluding ortho intramolecular Hbond substituents is 1. The SMILES string of the molecule is O=C(Nc1cc(COCc2ccccc2)ccc1Cl)c1cc(Cl)ccc1O. The molecule has 0 aromatic heterocycles. The molecule has 0 saturated heterocycles. The van der Waals surface area contributed by atoms with E-state index < -0.39 is 5.91 Å². The Hall–Kier alpha value is -2.53. The average Bonchev–Trinajstić information content (AvgIpc) is 2.67. The van der Waals surface area contributed by atoms with Gasteiger partial charge in [0.25, 0.3) is 5.91 Å². The first kappa shape index (κ1) is 19.2. The number of halogens is 2. The molecule has 6 heteroatoms. The van der Waals surface area contributed by atoms with Gasteiger partial charge in [0.05, 0.1) is 29.5 Å². The Morgan fingerprint density at radius 1 is 0.926 bits per heavy atom. The number of carbonyl (C=O) groups is 1. The summed E-state index contributed by atoms with van der Waals surface area (Å²) in [5, 5.41) is 13.3. The highest BCUT2D eigenvalue weighted by atomic mass is 35.5. The predicted molar refractivity (Wildman–Crippen MR) is 107 cm³/mol. The number of anilines is 1. The van der Waals surface area contributed by atoms with Gasteiger partial charge in [-0.25, -0.2) is 0 Å². The second-order valence-corrected chi connectivity index (χ2v) is 6.75. The van der Waals surface area contributed by atoms with Crippen molar-refractivity contribution in [2.24, 2.45) is 0 Å². The van der Waals surface area contributed by atoms with Crippen LogP contribution >= 0.6 is 23.2 Å². The maximum atomic E-state index is 12.4. The number of carbonyl (C=O) groups excluding carboxylic acids is 1. The predicted octanol–water partition coefficient (Wildman–Crippen LogP) is 5.67. The molecule has 27 heavy (non-hydrogen) atoms. The average molecular weight is 402 g/mol. The smallest absolute Gasteiger partial charge is 0.259 e. The molecule has 0 bridgehead atoms. The largest absolute Gasteiger partial charge is 0.507 e. The fourth-order valence-electron chi connectivity index (χ4n) is 2.50. The van der Waals surface area contributed by atoms with Crippen LogP contribution in [0.5, 0.6) is 5.75 Å². The third kappa shape index (κ3) is 5.23. The van der Waals surface area contributed by atoms with Crippen LogP contribution in [-0.2, 0) is 18.0 Å². The van der Waals surface area contributed by atoms with Crippen LogP contribution < -0.4 is 5.32 Å². The van der Waals surface area contributed by atoms with Crippen LogP contribution in [0.25, 0.3) is 0 Å². The van der Waals surface area contributed by atoms with E-state index in [1.54, 1.807) is 12.1 Å². The van der Waals surface area contributed by atoms with Gasteiger partial charge in [0.15, 0.2) is 0 Å². The molecule has 0 aliphatic carbocycles. The molecule has 2 N–H and O–H groups in total. The summed E-state index contributed by atoms with van der Waals surface area (Å²) in [6.07, 6.45) is 0. The lowest BCUT2D eigenvalue weighted by Crippen LogP contribution is -2.12. The summed E-state index contributed by atoms with van der Waals surface area (Å²) in [6, 6.07) is 19.4. The number of ether oxygens (including phenoxy) is 1. The number of phenols is 1. The molecule has 0 spiro atoms. The van der Waals surface area contributed by atoms with E-state index in [0.29, 0.717) is 28.9 Å². The van der Waals surface area contributed by atoms with Crippen molar-refractivity contribution in [1.82, 2.24) is 0 Å². The topological polar surface area (TPSA) is 58.6 Å². The van der Waals surface area contributed by atoms with Crippen molar-refractivity contribution < 1.29 is 14.6 Å². The maximum Gasteiger partial charge on any atom is 0.259 e. The van der Waals surface area contributed by atoms with E-state index in [9.17, 15) is 9.90 Å². The Morgan fingerprint density at radius 3 is 2.44 bits per heavy atom. The highest BCUT2D eigenvalue weighted by Gasteiger charge is 2.14. The van der Waals surface area contributed by atoms with Gasteiger partial charge in [-0.05, 0) is 41.5 Å². The van der Waals surface area contributed by atoms with Crippen molar-refractivity contribution in [1.29, 1.82) is 0 Å². The van der Waals surface area contributed by atoms with Crippen LogP contribution in [0.3, 0.4) is 0 Å². The molecule has 3 aromatic rings. The Bertz CT molecular complexity index is 945. The molecule has 0 unspecified atom stereocenters. The summed E-state index contributed by atoms with van der Waals surface area (Å²) >= 11 is 12.1. The molecule has 1 amide bonds. The maximum absolute atomic E-state index is 12.4. The minimum absolute atomic E-state index is 0.0734. The van der Waals surface area contributed by atoms with E-state index in [0.717, 1.165) is 11.1 Å². The molecule has 3 aromatic carbocycles. The summed E-state index contributed by atoms with van der Waals surface area (Å²) in [5.41, 5.74) is 2.45. The van der Waals surface area contributed by atoms with E-state index in [1.165, 1.54) is 18.2 Å². The second kappa shape index (κ2) is 8.91. The summed E-state index contributed by atoms with van der Waals surface area (Å²) in [4.78, 5) is 12.4. The lowest BCUT2D eigenvalue weighted by molar-refractivity contribution is 0.102. The molecule has 0 fully saturated rings. The van der Waals surface area contributed by atoms with Gasteiger partial charge in [0.2, 0.25) is 0 Å². The van der Waals surface area contributed by atoms with Crippen LogP contribution in [0.2, 0.25) is 10.0 Å². The molecule has 138 valence electrons. The summed E-state index contributed by atoms with van der Waals surface area (Å²) in [6.45, 7) is 0.860. The first-order chi connectivity index (χ1) is 13.0. The first-order valence-electron chi connectivity index (χ1n) is 8.23. The van der Waals surface area contributed by atoms with Crippen molar-refractivity contribution in [2.75, 3.05) is 5.32 Å². The standard InChI is InChI=1S/C21H17Cl2NO3/c22-16-7-9-20(25)17(11-16)21(26)24-19-10-15(6-8-18(19)23)13-27-12-14-4-2-1-3-5-14/h1-11,25H,12-13H2,(H,24,26). The Kier molecular flexibility index (Phi) is 6.35. The number of rotatable bonds is 6. The van der Waals surface area contributed by atoms with Gasteiger partial charge in [-0.1, -0.05) is 59.6 Å². The lowest BCUT2D eigenvalue weighted by atomic mass is 10.1. The van der Waals surface area contributed by atoms with Crippen molar-refractivity contribution in [3.8, 4) is 5.75 Å². The van der Waals surface area contributed by atoms with Crippen LogP contribution in [0.4, 0.5) is 5.69 Å². The van der Waals surface area contributed by atoms with E-state index in [4.69, 9.17) is 27.9 Å². The number of hydrogen-bond acceptors (Lipinski definition) is 3. The van der Waals surface area contributed by atoms with Crippen LogP contribution in [0.15, 0.2) is 66.7 Å². The van der Waals surface area contributed by atoms with Crippen molar-refractivity contribution in [2.45, 2.75) is 13.2 Å². The second-order valence-electron chi connectivity index (χ2n) is 5.91. The Labute approximate surface area is 167 Å². The number of aromatic hydroxyl groups is 1. The fourth-order valence-corrected chi connectivity index (χ4v) is 2.84. The van der Waals surface area contributed by atoms with Crippen molar-refractivity contribution in [3.05, 3.63) is 93.5 Å². The molecule has 0 heterocycles. The fraction of sp³-hybridized carbons (Fsp3) is 0.0952. The molecule has 3 rings (SSSR count). The number of nitrogens with one attached hydrogen (secondary N) is 1. The Balaban J connectivity index is 1.68. The third-order valence-electron chi connectivity index (χ3n) is 3.86. The quantitative estimate of drug-likeness (QED) is 0.559. The zero-order chi connectivity index (χ0) is 19.2. The minimum Gasteiger partial charge on any atom is -0.507 e. The number of hydrogen-bond donors (Lipinski definition) is 2. The van der Waals surface area contributed by atoms with Gasteiger partial charge in [-0.3, -0.25) is 4.79 Å². The third-order valence-corrected chi connectivity index (χ3v) is 4.43. The highest BCUT2D eigenvalue weighted by Crippen LogP contribution is 2.27. The highest BCUT2D eigenvalue weighted by molar-refractivity contribution is 6.34. The molecule has 0 saturated carbocycles. The van der Waals surface area contributed by atoms with Gasteiger partial charge in [-0.2, -0.15) is 0 Å². The zero-order valence-electron chi connectivity index (χ0n) is 14.3. The normalized spacial score (nSPS) is 10.6. The van der Waals surface area contributed by atoms with Gasteiger partial charge in [-0.15, -0.1) is 0 Å². The summed E-state index contributed by atoms with van der Waals surface area (Å²) in [7, 11) is 0. The van der Waals surface area contributed by atoms with Crippen molar-refractivity contribution >= 4 is 34.8 Å². The van der Waals surface area contributed by atoms with Gasteiger partial charge in [0.1, 0.15) is 5.75 Å². The molecular formula is C21H17Cl2NO3. The van der Waals surface area contributed by atoms with Gasteiger partial charge in [0, 0.05) is 5.02 Å². The van der Waals surface area contributed by atoms with Gasteiger partial charge >= 0.3 is 0 Å². The van der Waals surface area contributed by atoms with Crippen LogP contribution in [0.1, 0.15) is 21.5 Å². The molecule has 0 radical (unpaired) electrons. The summed E-state index contributed by atoms with van der Waals surface area (Å²) < 4.78 is 5.71. The number of amides is 1. The van der Waals surface area contributed by atoms with E-state index in [1.807, 2.05) is 36.4 Å². The lowest BCUT2D eigenvalue weighted by Gasteiger charge is -2.11. The van der Waals surface area contributed by atoms with Crippen LogP contribution in [0, 0.1) is 0 Å². The molecule has 0 aliphatic rings. The van der Waals surface area contributed by atoms with Crippen LogP contribution in [-0.4, -0.2) is 11.0 Å². The Morgan fingerprint density at radius 2 is 1.67 bits per heavy atom. The summed E-state index contributed by atoms with van der Waals surface area (Å²) in [5.74, 6) is -0.658. The van der Waals surface area contributed by atoms with E-state index >= 15 is 0 Å². The zero-order valence-corrected chi connectivity index (χ0v) is 15.8. The molecule has 0 atom stereocenters. The molecule has 4 nitrogen and oxygen atoms in total. The van der Waals surface area contributed by atoms with Crippen molar-refractivity contribution in [3.63, 3.8) is 0 Å². The molecular weight excluding hydrogens is 385 g/mol. The molecule has 0 aliphatic heterocycles. The van der Waals surface area contributed by atoms with E-state index in [-0.39, 0.29) is 11.3 Å².